The third-order valence-corrected chi connectivity index (χ3v) is 5.25. The molecule has 0 fully saturated rings. The summed E-state index contributed by atoms with van der Waals surface area (Å²) in [6.07, 6.45) is 0.942. The number of rotatable bonds is 17. The molecule has 4 unspecified atom stereocenters. The van der Waals surface area contributed by atoms with Crippen molar-refractivity contribution in [1.29, 1.82) is 0 Å². The van der Waals surface area contributed by atoms with E-state index in [2.05, 4.69) is 16.0 Å². The van der Waals surface area contributed by atoms with Crippen LogP contribution in [0.4, 0.5) is 0 Å². The Kier molecular flexibility index (Phi) is 14.5. The van der Waals surface area contributed by atoms with Crippen LogP contribution in [0, 0.1) is 5.92 Å². The minimum absolute atomic E-state index is 0.0331. The lowest BCUT2D eigenvalue weighted by atomic mass is 10.0. The molecule has 0 aliphatic heterocycles. The van der Waals surface area contributed by atoms with Crippen molar-refractivity contribution in [3.05, 3.63) is 0 Å². The Bertz CT molecular complexity index is 748. The van der Waals surface area contributed by atoms with Crippen LogP contribution in [-0.2, 0) is 28.8 Å². The highest BCUT2D eigenvalue weighted by molar-refractivity contribution is 7.98. The highest BCUT2D eigenvalue weighted by Crippen LogP contribution is 2.09. The molecule has 4 atom stereocenters. The van der Waals surface area contributed by atoms with E-state index in [9.17, 15) is 33.9 Å². The molecule has 34 heavy (non-hydrogen) atoms. The van der Waals surface area contributed by atoms with E-state index in [-0.39, 0.29) is 25.2 Å². The Morgan fingerprint density at radius 3 is 1.85 bits per heavy atom. The maximum atomic E-state index is 12.9. The van der Waals surface area contributed by atoms with Crippen LogP contribution in [0.15, 0.2) is 0 Å². The maximum absolute atomic E-state index is 12.9. The Morgan fingerprint density at radius 1 is 0.853 bits per heavy atom. The van der Waals surface area contributed by atoms with Crippen molar-refractivity contribution >= 4 is 47.3 Å². The topological polar surface area (TPSA) is 231 Å². The molecule has 0 bridgehead atoms. The molecule has 0 saturated heterocycles. The van der Waals surface area contributed by atoms with Crippen molar-refractivity contribution in [1.82, 2.24) is 16.0 Å². The zero-order valence-corrected chi connectivity index (χ0v) is 20.4. The van der Waals surface area contributed by atoms with Gasteiger partial charge in [-0.2, -0.15) is 11.8 Å². The summed E-state index contributed by atoms with van der Waals surface area (Å²) in [5.74, 6) is -5.22. The minimum Gasteiger partial charge on any atom is -0.481 e. The molecule has 13 nitrogen and oxygen atoms in total. The second-order valence-electron chi connectivity index (χ2n) is 8.14. The van der Waals surface area contributed by atoms with Gasteiger partial charge in [-0.05, 0) is 37.2 Å². The smallest absolute Gasteiger partial charge is 0.326 e. The average Bonchev–Trinajstić information content (AvgIpc) is 2.71. The zero-order valence-electron chi connectivity index (χ0n) is 19.5. The van der Waals surface area contributed by atoms with Crippen molar-refractivity contribution in [3.8, 4) is 0 Å². The highest BCUT2D eigenvalue weighted by Gasteiger charge is 2.30. The second kappa shape index (κ2) is 15.9. The molecule has 0 aromatic rings. The molecule has 0 heterocycles. The summed E-state index contributed by atoms with van der Waals surface area (Å²) < 4.78 is 0. The van der Waals surface area contributed by atoms with Gasteiger partial charge in [-0.1, -0.05) is 13.8 Å². The number of nitrogens with two attached hydrogens (primary N) is 2. The SMILES string of the molecule is CSCCC(NC(=O)C(CC(C)C)NC(=O)C(N)CC(N)=O)C(=O)NC(CCC(=O)O)C(=O)O. The fourth-order valence-corrected chi connectivity index (χ4v) is 3.34. The number of hydrogen-bond donors (Lipinski definition) is 7. The Balaban J connectivity index is 5.47. The highest BCUT2D eigenvalue weighted by atomic mass is 32.2. The lowest BCUT2D eigenvalue weighted by molar-refractivity contribution is -0.143. The number of aliphatic carboxylic acids is 2. The molecule has 0 saturated carbocycles. The molecule has 0 aliphatic carbocycles. The molecule has 0 aromatic heterocycles. The number of amides is 4. The summed E-state index contributed by atoms with van der Waals surface area (Å²) in [6, 6.07) is -4.90. The predicted octanol–water partition coefficient (Wildman–Crippen LogP) is -1.61. The van der Waals surface area contributed by atoms with Crippen molar-refractivity contribution in [3.63, 3.8) is 0 Å². The molecule has 0 aliphatic rings. The molecule has 9 N–H and O–H groups in total. The van der Waals surface area contributed by atoms with Crippen LogP contribution in [0.5, 0.6) is 0 Å². The monoisotopic (exact) mass is 505 g/mol. The summed E-state index contributed by atoms with van der Waals surface area (Å²) in [4.78, 5) is 71.1. The molecule has 4 amide bonds. The van der Waals surface area contributed by atoms with E-state index >= 15 is 0 Å². The Morgan fingerprint density at radius 2 is 1.38 bits per heavy atom. The van der Waals surface area contributed by atoms with Gasteiger partial charge in [-0.15, -0.1) is 0 Å². The largest absolute Gasteiger partial charge is 0.481 e. The van der Waals surface area contributed by atoms with Crippen molar-refractivity contribution in [2.24, 2.45) is 17.4 Å². The van der Waals surface area contributed by atoms with E-state index < -0.39 is 72.6 Å². The summed E-state index contributed by atoms with van der Waals surface area (Å²) in [6.45, 7) is 3.63. The molecule has 0 aromatic carbocycles. The van der Waals surface area contributed by atoms with E-state index in [1.807, 2.05) is 13.8 Å². The number of primary amides is 1. The van der Waals surface area contributed by atoms with E-state index in [1.54, 1.807) is 6.26 Å². The van der Waals surface area contributed by atoms with E-state index in [0.717, 1.165) is 0 Å². The molecule has 0 radical (unpaired) electrons. The van der Waals surface area contributed by atoms with Gasteiger partial charge < -0.3 is 37.6 Å². The average molecular weight is 506 g/mol. The van der Waals surface area contributed by atoms with Gasteiger partial charge in [-0.3, -0.25) is 24.0 Å². The van der Waals surface area contributed by atoms with Crippen LogP contribution in [0.25, 0.3) is 0 Å². The van der Waals surface area contributed by atoms with Gasteiger partial charge in [0.05, 0.1) is 12.5 Å². The normalized spacial score (nSPS) is 14.4. The first kappa shape index (κ1) is 31.1. The van der Waals surface area contributed by atoms with Crippen LogP contribution < -0.4 is 27.4 Å². The molecular weight excluding hydrogens is 470 g/mol. The number of carboxylic acid groups (broad SMARTS) is 2. The van der Waals surface area contributed by atoms with E-state index in [4.69, 9.17) is 16.6 Å². The van der Waals surface area contributed by atoms with Gasteiger partial charge in [-0.25, -0.2) is 4.79 Å². The number of nitrogens with one attached hydrogen (secondary N) is 3. The second-order valence-corrected chi connectivity index (χ2v) is 9.13. The first-order valence-corrected chi connectivity index (χ1v) is 12.1. The fourth-order valence-electron chi connectivity index (χ4n) is 2.87. The first-order chi connectivity index (χ1) is 15.8. The van der Waals surface area contributed by atoms with Crippen LogP contribution >= 0.6 is 11.8 Å². The molecule has 194 valence electrons. The van der Waals surface area contributed by atoms with Crippen LogP contribution in [0.3, 0.4) is 0 Å². The van der Waals surface area contributed by atoms with Gasteiger partial charge in [0.25, 0.3) is 0 Å². The van der Waals surface area contributed by atoms with Crippen LogP contribution in [0.1, 0.15) is 46.0 Å². The fraction of sp³-hybridized carbons (Fsp3) is 0.700. The van der Waals surface area contributed by atoms with Crippen molar-refractivity contribution in [2.45, 2.75) is 70.1 Å². The minimum atomic E-state index is -1.45. The summed E-state index contributed by atoms with van der Waals surface area (Å²) in [5, 5.41) is 25.3. The quantitative estimate of drug-likeness (QED) is 0.119. The third-order valence-electron chi connectivity index (χ3n) is 4.60. The number of hydrogen-bond acceptors (Lipinski definition) is 8. The lowest BCUT2D eigenvalue weighted by Crippen LogP contribution is -2.57. The van der Waals surface area contributed by atoms with Gasteiger partial charge in [0, 0.05) is 6.42 Å². The Labute approximate surface area is 202 Å². The van der Waals surface area contributed by atoms with Gasteiger partial charge >= 0.3 is 11.9 Å². The summed E-state index contributed by atoms with van der Waals surface area (Å²) in [7, 11) is 0. The van der Waals surface area contributed by atoms with Gasteiger partial charge in [0.2, 0.25) is 23.6 Å². The Hall–Kier alpha value is -2.87. The lowest BCUT2D eigenvalue weighted by Gasteiger charge is -2.26. The number of thioether (sulfide) groups is 1. The molecule has 14 heteroatoms. The zero-order chi connectivity index (χ0) is 26.4. The van der Waals surface area contributed by atoms with Gasteiger partial charge in [0.15, 0.2) is 0 Å². The number of carboxylic acids is 2. The van der Waals surface area contributed by atoms with Crippen LogP contribution in [-0.4, -0.2) is 82.0 Å². The predicted molar refractivity (Wildman–Crippen MR) is 125 cm³/mol. The molecule has 0 rings (SSSR count). The molecular formula is C20H35N5O8S. The standard InChI is InChI=1S/C20H35N5O8S/c1-10(2)8-14(25-17(29)11(21)9-15(22)26)19(31)23-12(6-7-34-3)18(30)24-13(20(32)33)4-5-16(27)28/h10-14H,4-9,21H2,1-3H3,(H2,22,26)(H,23,31)(H,24,30)(H,25,29)(H,27,28)(H,32,33). The number of carbonyl (C=O) groups is 6. The summed E-state index contributed by atoms with van der Waals surface area (Å²) in [5.41, 5.74) is 10.7. The van der Waals surface area contributed by atoms with Crippen molar-refractivity contribution < 1.29 is 39.0 Å². The first-order valence-electron chi connectivity index (χ1n) is 10.7. The molecule has 0 spiro atoms. The summed E-state index contributed by atoms with van der Waals surface area (Å²) >= 11 is 1.40. The third kappa shape index (κ3) is 13.0. The van der Waals surface area contributed by atoms with Gasteiger partial charge in [0.1, 0.15) is 18.1 Å². The van der Waals surface area contributed by atoms with Crippen molar-refractivity contribution in [2.75, 3.05) is 12.0 Å². The van der Waals surface area contributed by atoms with Crippen LogP contribution in [0.2, 0.25) is 0 Å². The van der Waals surface area contributed by atoms with E-state index in [1.165, 1.54) is 11.8 Å². The maximum Gasteiger partial charge on any atom is 0.326 e. The number of carbonyl (C=O) groups excluding carboxylic acids is 4. The van der Waals surface area contributed by atoms with E-state index in [0.29, 0.717) is 5.75 Å².